The third-order valence-corrected chi connectivity index (χ3v) is 6.73. The smallest absolute Gasteiger partial charge is 0.170 e. The zero-order valence-electron chi connectivity index (χ0n) is 18.1. The van der Waals surface area contributed by atoms with E-state index in [9.17, 15) is 0 Å². The van der Waals surface area contributed by atoms with Gasteiger partial charge in [-0.15, -0.1) is 24.0 Å². The van der Waals surface area contributed by atoms with E-state index in [4.69, 9.17) is 14.7 Å². The van der Waals surface area contributed by atoms with Crippen molar-refractivity contribution in [2.45, 2.75) is 51.5 Å². The highest BCUT2D eigenvalue weighted by molar-refractivity contribution is 14.0. The van der Waals surface area contributed by atoms with Gasteiger partial charge in [-0.05, 0) is 68.3 Å². The molecule has 1 aliphatic carbocycles. The fourth-order valence-corrected chi connectivity index (χ4v) is 5.19. The number of halogens is 1. The summed E-state index contributed by atoms with van der Waals surface area (Å²) in [4.78, 5) is 12.7. The highest BCUT2D eigenvalue weighted by atomic mass is 127. The molecule has 4 nitrogen and oxygen atoms in total. The molecule has 30 heavy (non-hydrogen) atoms. The molecule has 4 rings (SSSR count). The molecular formula is C24H30IN3OS. The molecule has 1 heterocycles. The monoisotopic (exact) mass is 535 g/mol. The predicted octanol–water partition coefficient (Wildman–Crippen LogP) is 6.90. The number of hydrogen-bond donors (Lipinski definition) is 0. The molecule has 2 aromatic rings. The molecule has 1 aliphatic heterocycles. The molecule has 0 radical (unpaired) electrons. The van der Waals surface area contributed by atoms with Crippen LogP contribution in [-0.2, 0) is 0 Å². The summed E-state index contributed by atoms with van der Waals surface area (Å²) in [5.41, 5.74) is 4.46. The molecule has 1 saturated carbocycles. The first-order valence-electron chi connectivity index (χ1n) is 10.3. The standard InChI is InChI=1S/C24H29N3OS.HI/c1-17-9-8-10-18(2)21(17)25-22-24(15-6-5-7-16-24)27(23(26-22)29-4)19-11-13-20(28-3)14-12-19;/h8-14H,5-7,15-16H2,1-4H3;1H. The van der Waals surface area contributed by atoms with Gasteiger partial charge in [0.15, 0.2) is 11.0 Å². The number of methoxy groups -OCH3 is 1. The van der Waals surface area contributed by atoms with E-state index >= 15 is 0 Å². The average Bonchev–Trinajstić information content (AvgIpc) is 3.04. The van der Waals surface area contributed by atoms with Crippen molar-refractivity contribution in [3.05, 3.63) is 53.6 Å². The number of aliphatic imine (C=N–C) groups is 2. The molecule has 0 atom stereocenters. The van der Waals surface area contributed by atoms with E-state index in [1.54, 1.807) is 18.9 Å². The Morgan fingerprint density at radius 3 is 2.20 bits per heavy atom. The number of para-hydroxylation sites is 1. The van der Waals surface area contributed by atoms with Crippen molar-refractivity contribution in [2.75, 3.05) is 18.3 Å². The Morgan fingerprint density at radius 2 is 1.63 bits per heavy atom. The van der Waals surface area contributed by atoms with E-state index in [1.165, 1.54) is 30.4 Å². The van der Waals surface area contributed by atoms with Crippen molar-refractivity contribution in [3.8, 4) is 5.75 Å². The molecule has 0 N–H and O–H groups in total. The van der Waals surface area contributed by atoms with Crippen LogP contribution < -0.4 is 9.64 Å². The highest BCUT2D eigenvalue weighted by Gasteiger charge is 2.49. The molecule has 1 fully saturated rings. The van der Waals surface area contributed by atoms with Gasteiger partial charge in [-0.2, -0.15) is 0 Å². The van der Waals surface area contributed by atoms with Crippen molar-refractivity contribution in [2.24, 2.45) is 9.98 Å². The summed E-state index contributed by atoms with van der Waals surface area (Å²) in [6.07, 6.45) is 7.95. The number of thioether (sulfide) groups is 1. The molecule has 6 heteroatoms. The van der Waals surface area contributed by atoms with E-state index in [-0.39, 0.29) is 29.5 Å². The summed E-state index contributed by atoms with van der Waals surface area (Å²) in [7, 11) is 1.71. The molecule has 0 bridgehead atoms. The Hall–Kier alpha value is -1.54. The number of ether oxygens (including phenoxy) is 1. The number of nitrogens with zero attached hydrogens (tertiary/aromatic N) is 3. The van der Waals surface area contributed by atoms with Gasteiger partial charge in [-0.3, -0.25) is 0 Å². The van der Waals surface area contributed by atoms with Crippen LogP contribution in [-0.4, -0.2) is 29.9 Å². The number of rotatable bonds is 3. The van der Waals surface area contributed by atoms with Crippen molar-refractivity contribution in [3.63, 3.8) is 0 Å². The SMILES string of the molecule is COc1ccc(N2C(SC)=NC(=Nc3c(C)cccc3C)C23CCCCC3)cc1.I. The van der Waals surface area contributed by atoms with Crippen LogP contribution in [0.4, 0.5) is 11.4 Å². The van der Waals surface area contributed by atoms with Crippen LogP contribution in [0.5, 0.6) is 5.75 Å². The number of anilines is 1. The summed E-state index contributed by atoms with van der Waals surface area (Å²) >= 11 is 1.70. The van der Waals surface area contributed by atoms with Gasteiger partial charge in [-0.1, -0.05) is 49.2 Å². The second-order valence-corrected chi connectivity index (χ2v) is 8.67. The maximum absolute atomic E-state index is 5.37. The lowest BCUT2D eigenvalue weighted by Gasteiger charge is -2.42. The fourth-order valence-electron chi connectivity index (χ4n) is 4.55. The van der Waals surface area contributed by atoms with Crippen LogP contribution >= 0.6 is 35.7 Å². The van der Waals surface area contributed by atoms with Gasteiger partial charge in [0.25, 0.3) is 0 Å². The maximum Gasteiger partial charge on any atom is 0.170 e. The molecule has 160 valence electrons. The number of aryl methyl sites for hydroxylation is 2. The van der Waals surface area contributed by atoms with Crippen molar-refractivity contribution < 1.29 is 4.74 Å². The second kappa shape index (κ2) is 9.73. The lowest BCUT2D eigenvalue weighted by Crippen LogP contribution is -2.52. The van der Waals surface area contributed by atoms with Gasteiger partial charge in [0.1, 0.15) is 11.3 Å². The first kappa shape index (κ1) is 23.1. The van der Waals surface area contributed by atoms with Crippen LogP contribution in [0.15, 0.2) is 52.4 Å². The highest BCUT2D eigenvalue weighted by Crippen LogP contribution is 2.45. The molecule has 0 saturated heterocycles. The zero-order valence-corrected chi connectivity index (χ0v) is 21.3. The van der Waals surface area contributed by atoms with E-state index in [2.05, 4.69) is 55.3 Å². The van der Waals surface area contributed by atoms with Crippen LogP contribution in [0.25, 0.3) is 0 Å². The van der Waals surface area contributed by atoms with E-state index in [0.29, 0.717) is 0 Å². The normalized spacial score (nSPS) is 19.0. The molecule has 2 aliphatic rings. The van der Waals surface area contributed by atoms with Crippen LogP contribution in [0.1, 0.15) is 43.2 Å². The van der Waals surface area contributed by atoms with Gasteiger partial charge >= 0.3 is 0 Å². The minimum absolute atomic E-state index is 0. The van der Waals surface area contributed by atoms with Gasteiger partial charge in [0, 0.05) is 5.69 Å². The lowest BCUT2D eigenvalue weighted by atomic mass is 9.79. The van der Waals surface area contributed by atoms with Crippen molar-refractivity contribution in [1.82, 2.24) is 0 Å². The Balaban J connectivity index is 0.00000256. The molecule has 0 aromatic heterocycles. The van der Waals surface area contributed by atoms with Gasteiger partial charge in [0.2, 0.25) is 0 Å². The summed E-state index contributed by atoms with van der Waals surface area (Å²) in [6.45, 7) is 4.27. The average molecular weight is 535 g/mol. The molecule has 1 spiro atoms. The molecular weight excluding hydrogens is 505 g/mol. The number of hydrogen-bond acceptors (Lipinski definition) is 4. The topological polar surface area (TPSA) is 37.2 Å². The zero-order chi connectivity index (χ0) is 20.4. The third kappa shape index (κ3) is 4.13. The minimum atomic E-state index is -0.167. The molecule has 0 amide bonds. The fraction of sp³-hybridized carbons (Fsp3) is 0.417. The maximum atomic E-state index is 5.37. The van der Waals surface area contributed by atoms with Crippen LogP contribution in [0.2, 0.25) is 0 Å². The third-order valence-electron chi connectivity index (χ3n) is 6.09. The van der Waals surface area contributed by atoms with E-state index in [1.807, 2.05) is 12.1 Å². The van der Waals surface area contributed by atoms with Gasteiger partial charge in [-0.25, -0.2) is 9.98 Å². The lowest BCUT2D eigenvalue weighted by molar-refractivity contribution is 0.385. The van der Waals surface area contributed by atoms with Crippen LogP contribution in [0, 0.1) is 13.8 Å². The Labute approximate surface area is 201 Å². The van der Waals surface area contributed by atoms with Crippen LogP contribution in [0.3, 0.4) is 0 Å². The Morgan fingerprint density at radius 1 is 1.00 bits per heavy atom. The summed E-state index contributed by atoms with van der Waals surface area (Å²) in [6, 6.07) is 14.7. The minimum Gasteiger partial charge on any atom is -0.497 e. The van der Waals surface area contributed by atoms with Crippen molar-refractivity contribution in [1.29, 1.82) is 0 Å². The largest absolute Gasteiger partial charge is 0.497 e. The second-order valence-electron chi connectivity index (χ2n) is 7.90. The van der Waals surface area contributed by atoms with Gasteiger partial charge < -0.3 is 9.64 Å². The summed E-state index contributed by atoms with van der Waals surface area (Å²) < 4.78 is 5.37. The predicted molar refractivity (Wildman–Crippen MR) is 141 cm³/mol. The molecule has 2 aromatic carbocycles. The van der Waals surface area contributed by atoms with E-state index < -0.39 is 0 Å². The number of benzene rings is 2. The number of amidine groups is 2. The Kier molecular flexibility index (Phi) is 7.50. The van der Waals surface area contributed by atoms with Crippen molar-refractivity contribution >= 4 is 58.1 Å². The first-order chi connectivity index (χ1) is 14.1. The van der Waals surface area contributed by atoms with E-state index in [0.717, 1.165) is 41.0 Å². The van der Waals surface area contributed by atoms with Gasteiger partial charge in [0.05, 0.1) is 12.8 Å². The quantitative estimate of drug-likeness (QED) is 0.401. The Bertz CT molecular complexity index is 929. The first-order valence-corrected chi connectivity index (χ1v) is 11.5. The summed E-state index contributed by atoms with van der Waals surface area (Å²) in [5, 5.41) is 1.03. The summed E-state index contributed by atoms with van der Waals surface area (Å²) in [5.74, 6) is 1.84. The molecule has 0 unspecified atom stereocenters.